The first-order chi connectivity index (χ1) is 11.8. The number of hydrogen-bond donors (Lipinski definition) is 1. The molecule has 0 radical (unpaired) electrons. The molecule has 0 spiro atoms. The highest BCUT2D eigenvalue weighted by molar-refractivity contribution is 7.99. The van der Waals surface area contributed by atoms with Crippen molar-refractivity contribution in [1.82, 2.24) is 4.98 Å². The maximum absolute atomic E-state index is 12.1. The Labute approximate surface area is 144 Å². The Bertz CT molecular complexity index is 799. The smallest absolute Gasteiger partial charge is 0.256 e. The largest absolute Gasteiger partial charge is 0.492 e. The van der Waals surface area contributed by atoms with Crippen molar-refractivity contribution in [3.8, 4) is 5.75 Å². The monoisotopic (exact) mass is 342 g/mol. The zero-order valence-electron chi connectivity index (χ0n) is 13.3. The standard InChI is InChI=1S/C18H18N2O3S/c1-2-22-15-9-5-3-7-13(15)19-17(21)11-12-24-18-20-14-8-4-6-10-16(14)23-18/h3-10H,2,11-12H2,1H3,(H,19,21). The van der Waals surface area contributed by atoms with Gasteiger partial charge in [0.2, 0.25) is 5.91 Å². The molecule has 0 aliphatic heterocycles. The summed E-state index contributed by atoms with van der Waals surface area (Å²) in [5.41, 5.74) is 2.28. The molecular weight excluding hydrogens is 324 g/mol. The van der Waals surface area contributed by atoms with Gasteiger partial charge in [0, 0.05) is 12.2 Å². The minimum atomic E-state index is -0.0641. The van der Waals surface area contributed by atoms with Crippen LogP contribution in [0.3, 0.4) is 0 Å². The highest BCUT2D eigenvalue weighted by Crippen LogP contribution is 2.25. The summed E-state index contributed by atoms with van der Waals surface area (Å²) in [5.74, 6) is 1.21. The molecule has 1 heterocycles. The number of rotatable bonds is 7. The Morgan fingerprint density at radius 1 is 1.21 bits per heavy atom. The van der Waals surface area contributed by atoms with Crippen LogP contribution < -0.4 is 10.1 Å². The molecule has 0 bridgehead atoms. The summed E-state index contributed by atoms with van der Waals surface area (Å²) < 4.78 is 11.1. The zero-order valence-corrected chi connectivity index (χ0v) is 14.1. The van der Waals surface area contributed by atoms with Gasteiger partial charge in [0.1, 0.15) is 11.3 Å². The number of ether oxygens (including phenoxy) is 1. The molecule has 0 fully saturated rings. The van der Waals surface area contributed by atoms with Gasteiger partial charge in [0.15, 0.2) is 5.58 Å². The van der Waals surface area contributed by atoms with E-state index >= 15 is 0 Å². The summed E-state index contributed by atoms with van der Waals surface area (Å²) in [4.78, 5) is 16.5. The second-order valence-corrected chi connectivity index (χ2v) is 6.07. The number of fused-ring (bicyclic) bond motifs is 1. The van der Waals surface area contributed by atoms with E-state index in [0.29, 0.717) is 35.4 Å². The first-order valence-corrected chi connectivity index (χ1v) is 8.75. The molecule has 0 aliphatic carbocycles. The Balaban J connectivity index is 1.52. The number of oxazole rings is 1. The Morgan fingerprint density at radius 2 is 2.00 bits per heavy atom. The number of benzene rings is 2. The first kappa shape index (κ1) is 16.4. The van der Waals surface area contributed by atoms with Gasteiger partial charge in [-0.15, -0.1) is 0 Å². The molecule has 0 aliphatic rings. The van der Waals surface area contributed by atoms with Crippen molar-refractivity contribution in [2.45, 2.75) is 18.6 Å². The van der Waals surface area contributed by atoms with Crippen LogP contribution in [0.15, 0.2) is 58.2 Å². The van der Waals surface area contributed by atoms with Gasteiger partial charge in [0.05, 0.1) is 12.3 Å². The van der Waals surface area contributed by atoms with E-state index in [1.807, 2.05) is 55.5 Å². The molecule has 6 heteroatoms. The topological polar surface area (TPSA) is 64.4 Å². The van der Waals surface area contributed by atoms with Crippen LogP contribution in [0.2, 0.25) is 0 Å². The van der Waals surface area contributed by atoms with Gasteiger partial charge in [-0.05, 0) is 31.2 Å². The number of para-hydroxylation sites is 4. The molecule has 1 aromatic heterocycles. The van der Waals surface area contributed by atoms with Gasteiger partial charge >= 0.3 is 0 Å². The number of carbonyl (C=O) groups is 1. The van der Waals surface area contributed by atoms with Crippen LogP contribution in [0.25, 0.3) is 11.1 Å². The van der Waals surface area contributed by atoms with E-state index in [4.69, 9.17) is 9.15 Å². The fourth-order valence-electron chi connectivity index (χ4n) is 2.21. The first-order valence-electron chi connectivity index (χ1n) is 7.76. The number of carbonyl (C=O) groups excluding carboxylic acids is 1. The normalized spacial score (nSPS) is 10.7. The molecule has 124 valence electrons. The molecule has 1 N–H and O–H groups in total. The van der Waals surface area contributed by atoms with Gasteiger partial charge in [-0.3, -0.25) is 4.79 Å². The van der Waals surface area contributed by atoms with Gasteiger partial charge < -0.3 is 14.5 Å². The molecule has 3 rings (SSSR count). The Hall–Kier alpha value is -2.47. The lowest BCUT2D eigenvalue weighted by molar-refractivity contribution is -0.115. The van der Waals surface area contributed by atoms with Gasteiger partial charge in [-0.2, -0.15) is 0 Å². The van der Waals surface area contributed by atoms with E-state index in [2.05, 4.69) is 10.3 Å². The molecule has 2 aromatic carbocycles. The number of nitrogens with one attached hydrogen (secondary N) is 1. The number of thioether (sulfide) groups is 1. The van der Waals surface area contributed by atoms with E-state index < -0.39 is 0 Å². The van der Waals surface area contributed by atoms with E-state index in [1.165, 1.54) is 11.8 Å². The summed E-state index contributed by atoms with van der Waals surface area (Å²) >= 11 is 1.43. The Kier molecular flexibility index (Phi) is 5.38. The highest BCUT2D eigenvalue weighted by atomic mass is 32.2. The SMILES string of the molecule is CCOc1ccccc1NC(=O)CCSc1nc2ccccc2o1. The maximum Gasteiger partial charge on any atom is 0.256 e. The molecule has 24 heavy (non-hydrogen) atoms. The minimum Gasteiger partial charge on any atom is -0.492 e. The molecular formula is C18H18N2O3S. The lowest BCUT2D eigenvalue weighted by atomic mass is 10.3. The third-order valence-corrected chi connectivity index (χ3v) is 4.12. The average Bonchev–Trinajstić information content (AvgIpc) is 2.99. The molecule has 0 saturated carbocycles. The average molecular weight is 342 g/mol. The van der Waals surface area contributed by atoms with E-state index in [1.54, 1.807) is 0 Å². The van der Waals surface area contributed by atoms with E-state index in [9.17, 15) is 4.79 Å². The number of hydrogen-bond acceptors (Lipinski definition) is 5. The Morgan fingerprint density at radius 3 is 2.83 bits per heavy atom. The number of aromatic nitrogens is 1. The van der Waals surface area contributed by atoms with Gasteiger partial charge in [0.25, 0.3) is 5.22 Å². The lowest BCUT2D eigenvalue weighted by Gasteiger charge is -2.10. The van der Waals surface area contributed by atoms with Gasteiger partial charge in [-0.25, -0.2) is 4.98 Å². The number of amides is 1. The second kappa shape index (κ2) is 7.88. The van der Waals surface area contributed by atoms with Crippen LogP contribution in [0, 0.1) is 0 Å². The quantitative estimate of drug-likeness (QED) is 0.647. The molecule has 0 atom stereocenters. The molecule has 0 saturated heterocycles. The lowest BCUT2D eigenvalue weighted by Crippen LogP contribution is -2.13. The summed E-state index contributed by atoms with van der Waals surface area (Å²) in [5, 5.41) is 3.46. The van der Waals surface area contributed by atoms with E-state index in [-0.39, 0.29) is 5.91 Å². The zero-order chi connectivity index (χ0) is 16.8. The fraction of sp³-hybridized carbons (Fsp3) is 0.222. The summed E-state index contributed by atoms with van der Waals surface area (Å²) in [7, 11) is 0. The molecule has 0 unspecified atom stereocenters. The predicted molar refractivity (Wildman–Crippen MR) is 95.6 cm³/mol. The molecule has 5 nitrogen and oxygen atoms in total. The summed E-state index contributed by atoms with van der Waals surface area (Å²) in [6, 6.07) is 15.0. The third kappa shape index (κ3) is 4.08. The fourth-order valence-corrected chi connectivity index (χ4v) is 2.98. The highest BCUT2D eigenvalue weighted by Gasteiger charge is 2.09. The second-order valence-electron chi connectivity index (χ2n) is 5.02. The maximum atomic E-state index is 12.1. The minimum absolute atomic E-state index is 0.0641. The predicted octanol–water partition coefficient (Wildman–Crippen LogP) is 4.35. The third-order valence-electron chi connectivity index (χ3n) is 3.29. The van der Waals surface area contributed by atoms with Crippen LogP contribution in [-0.4, -0.2) is 23.3 Å². The van der Waals surface area contributed by atoms with Crippen LogP contribution >= 0.6 is 11.8 Å². The van der Waals surface area contributed by atoms with Crippen LogP contribution in [0.4, 0.5) is 5.69 Å². The van der Waals surface area contributed by atoms with Crippen molar-refractivity contribution in [2.75, 3.05) is 17.7 Å². The van der Waals surface area contributed by atoms with Crippen molar-refractivity contribution in [2.24, 2.45) is 0 Å². The number of anilines is 1. The van der Waals surface area contributed by atoms with Crippen molar-refractivity contribution in [3.05, 3.63) is 48.5 Å². The van der Waals surface area contributed by atoms with Crippen molar-refractivity contribution >= 4 is 34.5 Å². The molecule has 3 aromatic rings. The van der Waals surface area contributed by atoms with Crippen molar-refractivity contribution in [3.63, 3.8) is 0 Å². The van der Waals surface area contributed by atoms with Crippen LogP contribution in [0.1, 0.15) is 13.3 Å². The van der Waals surface area contributed by atoms with Gasteiger partial charge in [-0.1, -0.05) is 36.0 Å². The van der Waals surface area contributed by atoms with E-state index in [0.717, 1.165) is 11.1 Å². The van der Waals surface area contributed by atoms with Crippen molar-refractivity contribution in [1.29, 1.82) is 0 Å². The van der Waals surface area contributed by atoms with Crippen molar-refractivity contribution < 1.29 is 13.9 Å². The van der Waals surface area contributed by atoms with Crippen LogP contribution in [-0.2, 0) is 4.79 Å². The number of nitrogens with zero attached hydrogens (tertiary/aromatic N) is 1. The summed E-state index contributed by atoms with van der Waals surface area (Å²) in [6.45, 7) is 2.47. The van der Waals surface area contributed by atoms with Crippen LogP contribution in [0.5, 0.6) is 5.75 Å². The molecule has 1 amide bonds. The summed E-state index contributed by atoms with van der Waals surface area (Å²) in [6.07, 6.45) is 0.365.